The summed E-state index contributed by atoms with van der Waals surface area (Å²) in [6.07, 6.45) is 3.03. The monoisotopic (exact) mass is 563 g/mol. The first-order valence-electron chi connectivity index (χ1n) is 13.6. The molecule has 2 aliphatic rings. The van der Waals surface area contributed by atoms with Gasteiger partial charge in [0.15, 0.2) is 0 Å². The molecule has 0 N–H and O–H groups in total. The number of likely N-dealkylation sites (tertiary alicyclic amines) is 1. The fourth-order valence-corrected chi connectivity index (χ4v) is 6.61. The van der Waals surface area contributed by atoms with Crippen molar-refractivity contribution in [2.75, 3.05) is 19.7 Å². The summed E-state index contributed by atoms with van der Waals surface area (Å²) in [4.78, 5) is 54.7. The number of nitro benzene ring substituents is 1. The van der Waals surface area contributed by atoms with Crippen molar-refractivity contribution in [1.29, 1.82) is 0 Å². The van der Waals surface area contributed by atoms with E-state index in [4.69, 9.17) is 9.47 Å². The van der Waals surface area contributed by atoms with Crippen LogP contribution < -0.4 is 0 Å². The number of carbonyl (C=O) groups excluding carboxylic acids is 3. The first-order valence-corrected chi connectivity index (χ1v) is 14.5. The highest BCUT2D eigenvalue weighted by Gasteiger charge is 2.48. The highest BCUT2D eigenvalue weighted by Crippen LogP contribution is 2.51. The quantitative estimate of drug-likeness (QED) is 0.223. The van der Waals surface area contributed by atoms with Gasteiger partial charge < -0.3 is 19.3 Å². The van der Waals surface area contributed by atoms with Crippen molar-refractivity contribution >= 4 is 35.4 Å². The summed E-state index contributed by atoms with van der Waals surface area (Å²) in [6, 6.07) is 2.52. The van der Waals surface area contributed by atoms with Gasteiger partial charge in [0, 0.05) is 30.8 Å². The zero-order valence-corrected chi connectivity index (χ0v) is 24.9. The van der Waals surface area contributed by atoms with Crippen molar-refractivity contribution in [1.82, 2.24) is 9.80 Å². The summed E-state index contributed by atoms with van der Waals surface area (Å²) in [5.41, 5.74) is 0.00992. The predicted molar refractivity (Wildman–Crippen MR) is 149 cm³/mol. The second-order valence-corrected chi connectivity index (χ2v) is 13.0. The minimum Gasteiger partial charge on any atom is -0.465 e. The van der Waals surface area contributed by atoms with Gasteiger partial charge >= 0.3 is 12.1 Å². The van der Waals surface area contributed by atoms with E-state index in [0.29, 0.717) is 49.2 Å². The first-order chi connectivity index (χ1) is 18.2. The standard InChI is InChI=1S/C28H41N3O7S/c1-8-37-25(33)28(12-10-13-28)39-23-15-19(4)21(16-22(23)31(35)36)24(32)30(18(2)3)20-11-9-14-29(17-20)26(34)38-27(5,6)7/h15-16,18,20H,8-14,17H2,1-7H3/t20-/m1/s1. The van der Waals surface area contributed by atoms with Crippen LogP contribution in [0.5, 0.6) is 0 Å². The number of amides is 2. The van der Waals surface area contributed by atoms with E-state index in [1.54, 1.807) is 29.7 Å². The highest BCUT2D eigenvalue weighted by molar-refractivity contribution is 8.01. The average molecular weight is 564 g/mol. The lowest BCUT2D eigenvalue weighted by Crippen LogP contribution is -2.54. The Morgan fingerprint density at radius 1 is 1.23 bits per heavy atom. The molecule has 1 heterocycles. The van der Waals surface area contributed by atoms with Gasteiger partial charge in [0.2, 0.25) is 0 Å². The summed E-state index contributed by atoms with van der Waals surface area (Å²) in [7, 11) is 0. The molecule has 39 heavy (non-hydrogen) atoms. The third-order valence-electron chi connectivity index (χ3n) is 7.08. The van der Waals surface area contributed by atoms with Gasteiger partial charge in [-0.05, 0) is 92.2 Å². The van der Waals surface area contributed by atoms with Crippen molar-refractivity contribution in [3.63, 3.8) is 0 Å². The smallest absolute Gasteiger partial charge is 0.410 e. The zero-order chi connectivity index (χ0) is 29.1. The van der Waals surface area contributed by atoms with Gasteiger partial charge in [0.05, 0.1) is 22.5 Å². The molecule has 1 aliphatic carbocycles. The highest BCUT2D eigenvalue weighted by atomic mass is 32.2. The van der Waals surface area contributed by atoms with E-state index in [-0.39, 0.29) is 41.8 Å². The van der Waals surface area contributed by atoms with Gasteiger partial charge in [-0.15, -0.1) is 11.8 Å². The molecule has 1 aromatic carbocycles. The Morgan fingerprint density at radius 2 is 1.90 bits per heavy atom. The maximum absolute atomic E-state index is 13.9. The molecule has 2 fully saturated rings. The van der Waals surface area contributed by atoms with Crippen molar-refractivity contribution < 1.29 is 28.8 Å². The van der Waals surface area contributed by atoms with Crippen molar-refractivity contribution in [3.05, 3.63) is 33.4 Å². The van der Waals surface area contributed by atoms with Gasteiger partial charge in [-0.25, -0.2) is 4.79 Å². The number of hydrogen-bond donors (Lipinski definition) is 0. The van der Waals surface area contributed by atoms with Crippen molar-refractivity contribution in [2.45, 2.75) is 108 Å². The van der Waals surface area contributed by atoms with E-state index in [1.807, 2.05) is 34.6 Å². The third kappa shape index (κ3) is 7.04. The largest absolute Gasteiger partial charge is 0.465 e. The number of aryl methyl sites for hydroxylation is 1. The van der Waals surface area contributed by atoms with Gasteiger partial charge in [-0.3, -0.25) is 19.7 Å². The lowest BCUT2D eigenvalue weighted by molar-refractivity contribution is -0.387. The minimum atomic E-state index is -0.837. The number of benzene rings is 1. The van der Waals surface area contributed by atoms with Crippen LogP contribution in [0, 0.1) is 17.0 Å². The lowest BCUT2D eigenvalue weighted by Gasteiger charge is -2.41. The fraction of sp³-hybridized carbons (Fsp3) is 0.679. The van der Waals surface area contributed by atoms with Crippen LogP contribution in [0.2, 0.25) is 0 Å². The second kappa shape index (κ2) is 12.1. The van der Waals surface area contributed by atoms with Crippen LogP contribution in [0.4, 0.5) is 10.5 Å². The molecule has 0 bridgehead atoms. The normalized spacial score (nSPS) is 18.8. The molecule has 0 radical (unpaired) electrons. The molecule has 3 rings (SSSR count). The molecule has 0 spiro atoms. The number of piperidine rings is 1. The Labute approximate surface area is 234 Å². The number of ether oxygens (including phenoxy) is 2. The van der Waals surface area contributed by atoms with Crippen LogP contribution in [-0.2, 0) is 14.3 Å². The molecule has 1 atom stereocenters. The molecule has 2 amide bonds. The number of rotatable bonds is 8. The Balaban J connectivity index is 1.90. The molecule has 10 nitrogen and oxygen atoms in total. The van der Waals surface area contributed by atoms with Crippen molar-refractivity contribution in [3.8, 4) is 0 Å². The summed E-state index contributed by atoms with van der Waals surface area (Å²) in [5.74, 6) is -0.673. The molecule has 1 aliphatic heterocycles. The number of hydrogen-bond acceptors (Lipinski definition) is 8. The van der Waals surface area contributed by atoms with E-state index in [1.165, 1.54) is 17.8 Å². The van der Waals surface area contributed by atoms with E-state index in [0.717, 1.165) is 6.42 Å². The zero-order valence-electron chi connectivity index (χ0n) is 24.1. The number of thioether (sulfide) groups is 1. The maximum atomic E-state index is 13.9. The fourth-order valence-electron chi connectivity index (χ4n) is 5.08. The molecule has 1 saturated carbocycles. The summed E-state index contributed by atoms with van der Waals surface area (Å²) in [6.45, 7) is 13.9. The van der Waals surface area contributed by atoms with Gasteiger partial charge in [0.25, 0.3) is 11.6 Å². The topological polar surface area (TPSA) is 119 Å². The molecule has 1 saturated heterocycles. The molecule has 0 unspecified atom stereocenters. The summed E-state index contributed by atoms with van der Waals surface area (Å²) < 4.78 is 9.97. The molecular weight excluding hydrogens is 522 g/mol. The van der Waals surface area contributed by atoms with Gasteiger partial charge in [0.1, 0.15) is 10.3 Å². The van der Waals surface area contributed by atoms with Crippen LogP contribution in [0.3, 0.4) is 0 Å². The van der Waals surface area contributed by atoms with Crippen molar-refractivity contribution in [2.24, 2.45) is 0 Å². The second-order valence-electron chi connectivity index (χ2n) is 11.6. The molecule has 0 aromatic heterocycles. The molecule has 1 aromatic rings. The number of esters is 1. The first kappa shape index (κ1) is 30.7. The van der Waals surface area contributed by atoms with E-state index in [9.17, 15) is 24.5 Å². The SMILES string of the molecule is CCOC(=O)C1(Sc2cc(C)c(C(=O)N(C(C)C)[C@@H]3CCCN(C(=O)OC(C)(C)C)C3)cc2[N+](=O)[O-])CCC1. The van der Waals surface area contributed by atoms with Crippen LogP contribution in [0.1, 0.15) is 89.6 Å². The number of nitrogens with zero attached hydrogens (tertiary/aromatic N) is 3. The third-order valence-corrected chi connectivity index (χ3v) is 8.59. The van der Waals surface area contributed by atoms with Gasteiger partial charge in [-0.2, -0.15) is 0 Å². The molecular formula is C28H41N3O7S. The Morgan fingerprint density at radius 3 is 2.41 bits per heavy atom. The number of nitro groups is 1. The Hall–Kier alpha value is -2.82. The van der Waals surface area contributed by atoms with Gasteiger partial charge in [-0.1, -0.05) is 0 Å². The van der Waals surface area contributed by atoms with Crippen LogP contribution in [-0.4, -0.2) is 74.8 Å². The summed E-state index contributed by atoms with van der Waals surface area (Å²) >= 11 is 1.17. The Kier molecular flexibility index (Phi) is 9.56. The average Bonchev–Trinajstić information content (AvgIpc) is 2.80. The number of carbonyl (C=O) groups is 3. The maximum Gasteiger partial charge on any atom is 0.410 e. The predicted octanol–water partition coefficient (Wildman–Crippen LogP) is 5.73. The summed E-state index contributed by atoms with van der Waals surface area (Å²) in [5, 5.41) is 12.1. The molecule has 216 valence electrons. The van der Waals surface area contributed by atoms with Crippen LogP contribution in [0.25, 0.3) is 0 Å². The van der Waals surface area contributed by atoms with Crippen LogP contribution in [0.15, 0.2) is 17.0 Å². The molecule has 11 heteroatoms. The van der Waals surface area contributed by atoms with E-state index < -0.39 is 21.4 Å². The van der Waals surface area contributed by atoms with E-state index in [2.05, 4.69) is 0 Å². The minimum absolute atomic E-state index is 0.198. The van der Waals surface area contributed by atoms with Crippen LogP contribution >= 0.6 is 11.8 Å². The lowest BCUT2D eigenvalue weighted by atomic mass is 9.84. The Bertz CT molecular complexity index is 1110. The van der Waals surface area contributed by atoms with E-state index >= 15 is 0 Å².